The predicted molar refractivity (Wildman–Crippen MR) is 171 cm³/mol. The van der Waals surface area contributed by atoms with E-state index in [1.807, 2.05) is 84.9 Å². The first-order valence-corrected chi connectivity index (χ1v) is 14.4. The second-order valence-electron chi connectivity index (χ2n) is 10.9. The Morgan fingerprint density at radius 3 is 1.95 bits per heavy atom. The van der Waals surface area contributed by atoms with Gasteiger partial charge < -0.3 is 32.0 Å². The number of carbonyl (C=O) groups is 4. The minimum Gasteiger partial charge on any atom is -0.361 e. The van der Waals surface area contributed by atoms with Gasteiger partial charge in [0.15, 0.2) is 0 Å². The first-order chi connectivity index (χ1) is 20.9. The van der Waals surface area contributed by atoms with Gasteiger partial charge in [-0.1, -0.05) is 78.9 Å². The Morgan fingerprint density at radius 2 is 1.25 bits per heavy atom. The van der Waals surface area contributed by atoms with E-state index in [-0.39, 0.29) is 38.2 Å². The summed E-state index contributed by atoms with van der Waals surface area (Å²) in [7, 11) is 0. The van der Waals surface area contributed by atoms with Gasteiger partial charge in [-0.3, -0.25) is 19.2 Å². The molecule has 7 N–H and O–H groups in total. The fourth-order valence-electron chi connectivity index (χ4n) is 5.34. The maximum absolute atomic E-state index is 13.8. The van der Waals surface area contributed by atoms with Crippen molar-refractivity contribution in [3.8, 4) is 0 Å². The van der Waals surface area contributed by atoms with Crippen LogP contribution in [-0.2, 0) is 38.4 Å². The molecular weight excluding hydrogens is 580 g/mol. The normalized spacial score (nSPS) is 21.7. The number of halogens is 1. The molecule has 0 aliphatic carbocycles. The second-order valence-corrected chi connectivity index (χ2v) is 10.9. The summed E-state index contributed by atoms with van der Waals surface area (Å²) >= 11 is 0. The Balaban J connectivity index is 0.00000442. The average molecular weight is 617 g/mol. The van der Waals surface area contributed by atoms with E-state index in [1.165, 1.54) is 0 Å². The van der Waals surface area contributed by atoms with Crippen LogP contribution in [0.5, 0.6) is 0 Å². The van der Waals surface area contributed by atoms with Gasteiger partial charge >= 0.3 is 0 Å². The highest BCUT2D eigenvalue weighted by Gasteiger charge is 2.31. The number of aromatic amines is 1. The maximum atomic E-state index is 13.8. The number of fused-ring (bicyclic) bond motifs is 1. The zero-order valence-corrected chi connectivity index (χ0v) is 24.9. The molecule has 5 rings (SSSR count). The fraction of sp³-hybridized carbons (Fsp3) is 0.273. The minimum absolute atomic E-state index is 0. The zero-order valence-electron chi connectivity index (χ0n) is 24.1. The summed E-state index contributed by atoms with van der Waals surface area (Å²) in [5.74, 6) is -1.96. The van der Waals surface area contributed by atoms with E-state index in [4.69, 9.17) is 5.73 Å². The number of nitrogens with one attached hydrogen (secondary N) is 5. The van der Waals surface area contributed by atoms with Gasteiger partial charge in [0.2, 0.25) is 23.6 Å². The van der Waals surface area contributed by atoms with Crippen molar-refractivity contribution in [1.29, 1.82) is 0 Å². The van der Waals surface area contributed by atoms with Crippen LogP contribution in [0.3, 0.4) is 0 Å². The number of nitrogens with two attached hydrogens (primary N) is 1. The molecule has 4 aromatic rings. The van der Waals surface area contributed by atoms with E-state index in [9.17, 15) is 19.2 Å². The number of hydrogen-bond acceptors (Lipinski definition) is 5. The van der Waals surface area contributed by atoms with Crippen LogP contribution in [0.15, 0.2) is 91.1 Å². The van der Waals surface area contributed by atoms with Crippen LogP contribution in [-0.4, -0.2) is 59.3 Å². The van der Waals surface area contributed by atoms with Gasteiger partial charge in [-0.05, 0) is 29.2 Å². The van der Waals surface area contributed by atoms with E-state index in [0.29, 0.717) is 6.42 Å². The smallest absolute Gasteiger partial charge is 0.243 e. The SMILES string of the molecule is Cl.N[C@@H]1CC(=O)N[C@@H](Cc2c[nH]c3ccccc23)C(=O)N[C@@H](Cc2ccccc2)C(=O)N[C@H](Cc2ccccc2)CNC1=O. The van der Waals surface area contributed by atoms with E-state index in [0.717, 1.165) is 27.6 Å². The van der Waals surface area contributed by atoms with Crippen LogP contribution in [0.4, 0.5) is 0 Å². The highest BCUT2D eigenvalue weighted by Crippen LogP contribution is 2.19. The van der Waals surface area contributed by atoms with Crippen molar-refractivity contribution in [2.75, 3.05) is 6.54 Å². The van der Waals surface area contributed by atoms with E-state index < -0.39 is 47.8 Å². The Hall–Kier alpha value is -4.67. The first-order valence-electron chi connectivity index (χ1n) is 14.4. The van der Waals surface area contributed by atoms with Gasteiger partial charge in [0, 0.05) is 36.5 Å². The molecule has 0 radical (unpaired) electrons. The molecule has 0 spiro atoms. The molecule has 44 heavy (non-hydrogen) atoms. The van der Waals surface area contributed by atoms with Crippen LogP contribution < -0.4 is 27.0 Å². The van der Waals surface area contributed by atoms with Gasteiger partial charge in [0.25, 0.3) is 0 Å². The predicted octanol–water partition coefficient (Wildman–Crippen LogP) is 1.92. The van der Waals surface area contributed by atoms with Crippen LogP contribution in [0.2, 0.25) is 0 Å². The summed E-state index contributed by atoms with van der Waals surface area (Å²) < 4.78 is 0. The van der Waals surface area contributed by atoms with Crippen molar-refractivity contribution in [2.24, 2.45) is 5.73 Å². The summed E-state index contributed by atoms with van der Waals surface area (Å²) in [6.45, 7) is 0.101. The third-order valence-electron chi connectivity index (χ3n) is 7.60. The van der Waals surface area contributed by atoms with E-state index in [1.54, 1.807) is 6.20 Å². The highest BCUT2D eigenvalue weighted by atomic mass is 35.5. The molecule has 2 heterocycles. The zero-order chi connectivity index (χ0) is 30.2. The number of hydrogen-bond donors (Lipinski definition) is 6. The maximum Gasteiger partial charge on any atom is 0.243 e. The van der Waals surface area contributed by atoms with Crippen molar-refractivity contribution >= 4 is 46.9 Å². The molecule has 0 saturated carbocycles. The topological polar surface area (TPSA) is 158 Å². The quantitative estimate of drug-likeness (QED) is 0.195. The Kier molecular flexibility index (Phi) is 11.1. The molecule has 0 unspecified atom stereocenters. The number of aromatic nitrogens is 1. The molecule has 4 atom stereocenters. The van der Waals surface area contributed by atoms with Crippen molar-refractivity contribution in [2.45, 2.75) is 49.9 Å². The van der Waals surface area contributed by atoms with Gasteiger partial charge in [-0.15, -0.1) is 12.4 Å². The molecule has 1 aliphatic rings. The molecule has 0 bridgehead atoms. The lowest BCUT2D eigenvalue weighted by Gasteiger charge is -2.27. The van der Waals surface area contributed by atoms with Gasteiger partial charge in [0.05, 0.1) is 18.5 Å². The summed E-state index contributed by atoms with van der Waals surface area (Å²) in [4.78, 5) is 56.7. The van der Waals surface area contributed by atoms with Crippen LogP contribution in [0.25, 0.3) is 10.9 Å². The molecule has 4 amide bonds. The Bertz CT molecular complexity index is 1580. The molecule has 230 valence electrons. The van der Waals surface area contributed by atoms with Gasteiger partial charge in [-0.2, -0.15) is 0 Å². The summed E-state index contributed by atoms with van der Waals surface area (Å²) in [5.41, 5.74) is 9.63. The van der Waals surface area contributed by atoms with Crippen LogP contribution in [0, 0.1) is 0 Å². The van der Waals surface area contributed by atoms with Crippen molar-refractivity contribution < 1.29 is 19.2 Å². The summed E-state index contributed by atoms with van der Waals surface area (Å²) in [5, 5.41) is 12.4. The standard InChI is InChI=1S/C33H36N6O4.ClH/c34-26-18-30(40)38-29(17-23-19-35-27-14-8-7-13-25(23)27)33(43)39-28(16-22-11-5-2-6-12-22)32(42)37-24(20-36-31(26)41)15-21-9-3-1-4-10-21;/h1-14,19,24,26,28-29,35H,15-18,20,34H2,(H,36,41)(H,37,42)(H,38,40)(H,39,43);1H/t24-,26-,28+,29+;/m1./s1. The number of carbonyl (C=O) groups excluding carboxylic acids is 4. The number of benzene rings is 3. The van der Waals surface area contributed by atoms with Crippen molar-refractivity contribution in [3.63, 3.8) is 0 Å². The minimum atomic E-state index is -1.13. The third kappa shape index (κ3) is 8.46. The lowest BCUT2D eigenvalue weighted by molar-refractivity contribution is -0.133. The van der Waals surface area contributed by atoms with Gasteiger partial charge in [0.1, 0.15) is 12.1 Å². The molecule has 3 aromatic carbocycles. The van der Waals surface area contributed by atoms with E-state index in [2.05, 4.69) is 26.3 Å². The summed E-state index contributed by atoms with van der Waals surface area (Å²) in [6, 6.07) is 23.1. The lowest BCUT2D eigenvalue weighted by Crippen LogP contribution is -2.59. The number of para-hydroxylation sites is 1. The third-order valence-corrected chi connectivity index (χ3v) is 7.60. The molecule has 1 aliphatic heterocycles. The molecule has 10 nitrogen and oxygen atoms in total. The monoisotopic (exact) mass is 616 g/mol. The van der Waals surface area contributed by atoms with Crippen molar-refractivity contribution in [1.82, 2.24) is 26.3 Å². The number of amides is 4. The van der Waals surface area contributed by atoms with E-state index >= 15 is 0 Å². The number of H-pyrrole nitrogens is 1. The number of rotatable bonds is 6. The molecule has 1 fully saturated rings. The molecule has 1 saturated heterocycles. The largest absolute Gasteiger partial charge is 0.361 e. The van der Waals surface area contributed by atoms with Crippen LogP contribution >= 0.6 is 12.4 Å². The van der Waals surface area contributed by atoms with Crippen LogP contribution in [0.1, 0.15) is 23.1 Å². The fourth-order valence-corrected chi connectivity index (χ4v) is 5.34. The lowest BCUT2D eigenvalue weighted by atomic mass is 10.0. The highest BCUT2D eigenvalue weighted by molar-refractivity contribution is 5.95. The first kappa shape index (κ1) is 32.2. The average Bonchev–Trinajstić information content (AvgIpc) is 3.42. The van der Waals surface area contributed by atoms with Crippen molar-refractivity contribution in [3.05, 3.63) is 108 Å². The van der Waals surface area contributed by atoms with Gasteiger partial charge in [-0.25, -0.2) is 0 Å². The second kappa shape index (κ2) is 15.2. The summed E-state index contributed by atoms with van der Waals surface area (Å²) in [6.07, 6.45) is 2.35. The molecule has 1 aromatic heterocycles. The molecule has 11 heteroatoms. The molecular formula is C33H37ClN6O4. The Labute approximate surface area is 262 Å². The Morgan fingerprint density at radius 1 is 0.659 bits per heavy atom.